The van der Waals surface area contributed by atoms with E-state index in [9.17, 15) is 14.4 Å². The van der Waals surface area contributed by atoms with Gasteiger partial charge in [-0.2, -0.15) is 5.10 Å². The highest BCUT2D eigenvalue weighted by molar-refractivity contribution is 6.04. The molecule has 1 aromatic carbocycles. The molecule has 2 aromatic rings. The van der Waals surface area contributed by atoms with Crippen LogP contribution in [0.2, 0.25) is 0 Å². The van der Waals surface area contributed by atoms with Gasteiger partial charge in [-0.25, -0.2) is 0 Å². The molecule has 2 saturated heterocycles. The van der Waals surface area contributed by atoms with E-state index in [1.165, 1.54) is 0 Å². The molecule has 3 amide bonds. The van der Waals surface area contributed by atoms with Gasteiger partial charge in [0.15, 0.2) is 5.69 Å². The van der Waals surface area contributed by atoms with E-state index in [1.54, 1.807) is 11.8 Å². The van der Waals surface area contributed by atoms with Crippen molar-refractivity contribution in [3.63, 3.8) is 0 Å². The highest BCUT2D eigenvalue weighted by Crippen LogP contribution is 2.18. The first-order valence-corrected chi connectivity index (χ1v) is 10.5. The molecule has 4 rings (SSSR count). The molecule has 2 fully saturated rings. The molecular weight excluding hydrogens is 384 g/mol. The zero-order valence-corrected chi connectivity index (χ0v) is 17.5. The van der Waals surface area contributed by atoms with Gasteiger partial charge in [-0.05, 0) is 13.0 Å². The molecule has 3 heterocycles. The van der Waals surface area contributed by atoms with Gasteiger partial charge < -0.3 is 14.7 Å². The van der Waals surface area contributed by atoms with Crippen molar-refractivity contribution in [2.24, 2.45) is 0 Å². The van der Waals surface area contributed by atoms with Crippen molar-refractivity contribution in [2.45, 2.75) is 19.9 Å². The van der Waals surface area contributed by atoms with Crippen LogP contribution in [-0.2, 0) is 9.59 Å². The molecule has 1 unspecified atom stereocenters. The number of fused-ring (bicyclic) bond motifs is 1. The number of hydrogen-bond acceptors (Lipinski definition) is 5. The molecule has 30 heavy (non-hydrogen) atoms. The number of nitrogens with one attached hydrogen (secondary N) is 1. The lowest BCUT2D eigenvalue weighted by atomic mass is 10.1. The van der Waals surface area contributed by atoms with E-state index >= 15 is 0 Å². The maximum Gasteiger partial charge on any atom is 0.275 e. The molecule has 9 nitrogen and oxygen atoms in total. The second-order valence-corrected chi connectivity index (χ2v) is 7.95. The Morgan fingerprint density at radius 1 is 0.900 bits per heavy atom. The molecule has 2 aliphatic heterocycles. The average Bonchev–Trinajstić information content (AvgIpc) is 3.22. The van der Waals surface area contributed by atoms with Crippen molar-refractivity contribution in [3.8, 4) is 0 Å². The van der Waals surface area contributed by atoms with Crippen LogP contribution in [0.1, 0.15) is 24.3 Å². The summed E-state index contributed by atoms with van der Waals surface area (Å²) >= 11 is 0. The van der Waals surface area contributed by atoms with Crippen LogP contribution in [0.25, 0.3) is 10.9 Å². The van der Waals surface area contributed by atoms with Crippen LogP contribution in [0.4, 0.5) is 0 Å². The highest BCUT2D eigenvalue weighted by atomic mass is 16.2. The number of piperazine rings is 2. The molecule has 1 atom stereocenters. The van der Waals surface area contributed by atoms with Crippen LogP contribution in [0.5, 0.6) is 0 Å². The molecular formula is C21H28N6O3. The minimum atomic E-state index is -0.239. The highest BCUT2D eigenvalue weighted by Gasteiger charge is 2.32. The first-order chi connectivity index (χ1) is 14.5. The zero-order valence-electron chi connectivity index (χ0n) is 17.5. The third kappa shape index (κ3) is 3.89. The lowest BCUT2D eigenvalue weighted by Crippen LogP contribution is -2.58. The van der Waals surface area contributed by atoms with Crippen LogP contribution in [0.3, 0.4) is 0 Å². The zero-order chi connectivity index (χ0) is 21.3. The number of aromatic nitrogens is 2. The van der Waals surface area contributed by atoms with Gasteiger partial charge in [0.25, 0.3) is 5.91 Å². The van der Waals surface area contributed by atoms with Gasteiger partial charge in [-0.1, -0.05) is 18.2 Å². The van der Waals surface area contributed by atoms with E-state index in [1.807, 2.05) is 41.0 Å². The summed E-state index contributed by atoms with van der Waals surface area (Å²) in [4.78, 5) is 44.9. The van der Waals surface area contributed by atoms with Crippen molar-refractivity contribution < 1.29 is 14.4 Å². The summed E-state index contributed by atoms with van der Waals surface area (Å²) < 4.78 is 0. The standard InChI is InChI=1S/C21H28N6O3/c1-15(20(29)26-13-9-25(10-14-26)16(2)28)24-7-11-27(12-8-24)21(30)19-17-5-3-4-6-18(17)22-23-19/h3-6,15H,7-14H2,1-2H3,(H,22,23). The van der Waals surface area contributed by atoms with E-state index in [4.69, 9.17) is 0 Å². The number of benzene rings is 1. The molecule has 0 saturated carbocycles. The molecule has 160 valence electrons. The molecule has 2 aliphatic rings. The lowest BCUT2D eigenvalue weighted by molar-refractivity contribution is -0.142. The maximum absolute atomic E-state index is 12.9. The van der Waals surface area contributed by atoms with Crippen LogP contribution >= 0.6 is 0 Å². The minimum absolute atomic E-state index is 0.0561. The number of nitrogens with zero attached hydrogens (tertiary/aromatic N) is 5. The number of amides is 3. The third-order valence-corrected chi connectivity index (χ3v) is 6.22. The van der Waals surface area contributed by atoms with E-state index < -0.39 is 0 Å². The van der Waals surface area contributed by atoms with Crippen LogP contribution in [0, 0.1) is 0 Å². The Morgan fingerprint density at radius 3 is 2.17 bits per heavy atom. The van der Waals surface area contributed by atoms with E-state index in [0.717, 1.165) is 10.9 Å². The summed E-state index contributed by atoms with van der Waals surface area (Å²) in [7, 11) is 0. The largest absolute Gasteiger partial charge is 0.339 e. The Morgan fingerprint density at radius 2 is 1.50 bits per heavy atom. The Balaban J connectivity index is 1.32. The molecule has 0 radical (unpaired) electrons. The Hall–Kier alpha value is -2.94. The summed E-state index contributed by atoms with van der Waals surface area (Å²) in [6, 6.07) is 7.37. The van der Waals surface area contributed by atoms with Crippen molar-refractivity contribution >= 4 is 28.6 Å². The summed E-state index contributed by atoms with van der Waals surface area (Å²) in [5, 5.41) is 7.96. The first kappa shape index (κ1) is 20.3. The number of H-pyrrole nitrogens is 1. The van der Waals surface area contributed by atoms with Gasteiger partial charge in [0.1, 0.15) is 0 Å². The molecule has 1 aromatic heterocycles. The van der Waals surface area contributed by atoms with E-state index in [-0.39, 0.29) is 23.8 Å². The number of carbonyl (C=O) groups excluding carboxylic acids is 3. The van der Waals surface area contributed by atoms with Gasteiger partial charge >= 0.3 is 0 Å². The Kier molecular flexibility index (Phi) is 5.72. The lowest BCUT2D eigenvalue weighted by Gasteiger charge is -2.40. The smallest absolute Gasteiger partial charge is 0.275 e. The normalized spacial score (nSPS) is 19.2. The van der Waals surface area contributed by atoms with E-state index in [0.29, 0.717) is 58.1 Å². The average molecular weight is 412 g/mol. The predicted octanol–water partition coefficient (Wildman–Crippen LogP) is 0.400. The molecule has 0 bridgehead atoms. The summed E-state index contributed by atoms with van der Waals surface area (Å²) in [5.74, 6) is 0.0725. The summed E-state index contributed by atoms with van der Waals surface area (Å²) in [6.45, 7) is 8.25. The van der Waals surface area contributed by atoms with Gasteiger partial charge in [0.05, 0.1) is 11.6 Å². The van der Waals surface area contributed by atoms with Crippen LogP contribution in [0.15, 0.2) is 24.3 Å². The quantitative estimate of drug-likeness (QED) is 0.788. The molecule has 9 heteroatoms. The number of para-hydroxylation sites is 1. The number of rotatable bonds is 3. The van der Waals surface area contributed by atoms with Crippen molar-refractivity contribution in [1.29, 1.82) is 0 Å². The maximum atomic E-state index is 12.9. The number of aromatic amines is 1. The SMILES string of the molecule is CC(=O)N1CCN(C(=O)C(C)N2CCN(C(=O)c3n[nH]c4ccccc34)CC2)CC1. The topological polar surface area (TPSA) is 92.9 Å². The predicted molar refractivity (Wildman–Crippen MR) is 112 cm³/mol. The monoisotopic (exact) mass is 412 g/mol. The molecule has 0 spiro atoms. The Labute approximate surface area is 175 Å². The van der Waals surface area contributed by atoms with Crippen LogP contribution < -0.4 is 0 Å². The fourth-order valence-corrected chi connectivity index (χ4v) is 4.25. The van der Waals surface area contributed by atoms with Crippen LogP contribution in [-0.4, -0.2) is 106 Å². The van der Waals surface area contributed by atoms with Crippen molar-refractivity contribution in [1.82, 2.24) is 29.8 Å². The fourth-order valence-electron chi connectivity index (χ4n) is 4.25. The van der Waals surface area contributed by atoms with Gasteiger partial charge in [0, 0.05) is 64.7 Å². The van der Waals surface area contributed by atoms with Crippen molar-refractivity contribution in [3.05, 3.63) is 30.0 Å². The van der Waals surface area contributed by atoms with E-state index in [2.05, 4.69) is 15.1 Å². The number of carbonyl (C=O) groups is 3. The Bertz CT molecular complexity index is 941. The fraction of sp³-hybridized carbons (Fsp3) is 0.524. The van der Waals surface area contributed by atoms with Gasteiger partial charge in [0.2, 0.25) is 11.8 Å². The third-order valence-electron chi connectivity index (χ3n) is 6.22. The molecule has 1 N–H and O–H groups in total. The molecule has 0 aliphatic carbocycles. The number of hydrogen-bond donors (Lipinski definition) is 1. The first-order valence-electron chi connectivity index (χ1n) is 10.5. The van der Waals surface area contributed by atoms with Crippen molar-refractivity contribution in [2.75, 3.05) is 52.4 Å². The van der Waals surface area contributed by atoms with Gasteiger partial charge in [-0.3, -0.25) is 24.4 Å². The van der Waals surface area contributed by atoms with Gasteiger partial charge in [-0.15, -0.1) is 0 Å². The summed E-state index contributed by atoms with van der Waals surface area (Å²) in [6.07, 6.45) is 0. The second-order valence-electron chi connectivity index (χ2n) is 7.95. The minimum Gasteiger partial charge on any atom is -0.339 e. The second kappa shape index (κ2) is 8.43. The summed E-state index contributed by atoms with van der Waals surface area (Å²) in [5.41, 5.74) is 1.30.